The topological polar surface area (TPSA) is 59.2 Å². The molecule has 5 nitrogen and oxygen atoms in total. The van der Waals surface area contributed by atoms with E-state index in [0.717, 1.165) is 16.7 Å². The number of benzene rings is 3. The maximum absolute atomic E-state index is 13.2. The van der Waals surface area contributed by atoms with Gasteiger partial charge in [-0.2, -0.15) is 4.98 Å². The van der Waals surface area contributed by atoms with Crippen LogP contribution in [0, 0.1) is 0 Å². The molecule has 0 aliphatic carbocycles. The van der Waals surface area contributed by atoms with Gasteiger partial charge in [0.15, 0.2) is 0 Å². The molecule has 1 unspecified atom stereocenters. The summed E-state index contributed by atoms with van der Waals surface area (Å²) in [6.07, 6.45) is 3.88. The summed E-state index contributed by atoms with van der Waals surface area (Å²) in [7, 11) is 0. The predicted octanol–water partition coefficient (Wildman–Crippen LogP) is 6.24. The van der Waals surface area contributed by atoms with Crippen LogP contribution in [0.2, 0.25) is 5.02 Å². The molecule has 0 bridgehead atoms. The standard InChI is InChI=1S/C27H24ClN3O2/c1-20(22-11-6-3-7-12-22)31(26(32)16-15-21-9-4-2-5-10-21)18-17-25-29-27(30-33-25)23-13-8-14-24(28)19-23/h2-16,19-20H,17-18H2,1H3/b16-15+. The summed E-state index contributed by atoms with van der Waals surface area (Å²) in [5.74, 6) is 0.866. The van der Waals surface area contributed by atoms with E-state index in [1.807, 2.05) is 90.7 Å². The van der Waals surface area contributed by atoms with Crippen LogP contribution >= 0.6 is 11.6 Å². The van der Waals surface area contributed by atoms with E-state index in [9.17, 15) is 4.79 Å². The summed E-state index contributed by atoms with van der Waals surface area (Å²) in [4.78, 5) is 19.5. The Labute approximate surface area is 198 Å². The summed E-state index contributed by atoms with van der Waals surface area (Å²) >= 11 is 6.07. The third-order valence-electron chi connectivity index (χ3n) is 5.37. The van der Waals surface area contributed by atoms with Crippen LogP contribution in [0.5, 0.6) is 0 Å². The van der Waals surface area contributed by atoms with Crippen molar-refractivity contribution in [3.8, 4) is 11.4 Å². The first-order chi connectivity index (χ1) is 16.1. The summed E-state index contributed by atoms with van der Waals surface area (Å²) in [5, 5.41) is 4.68. The van der Waals surface area contributed by atoms with Gasteiger partial charge in [-0.3, -0.25) is 4.79 Å². The lowest BCUT2D eigenvalue weighted by molar-refractivity contribution is -0.128. The lowest BCUT2D eigenvalue weighted by Gasteiger charge is -2.28. The van der Waals surface area contributed by atoms with Gasteiger partial charge in [0, 0.05) is 29.6 Å². The Morgan fingerprint density at radius 3 is 2.48 bits per heavy atom. The van der Waals surface area contributed by atoms with E-state index < -0.39 is 0 Å². The van der Waals surface area contributed by atoms with Crippen LogP contribution in [0.25, 0.3) is 17.5 Å². The molecule has 1 atom stereocenters. The fourth-order valence-corrected chi connectivity index (χ4v) is 3.74. The highest BCUT2D eigenvalue weighted by Gasteiger charge is 2.21. The number of carbonyl (C=O) groups is 1. The van der Waals surface area contributed by atoms with Crippen LogP contribution in [0.3, 0.4) is 0 Å². The molecule has 4 rings (SSSR count). The SMILES string of the molecule is CC(c1ccccc1)N(CCc1nc(-c2cccc(Cl)c2)no1)C(=O)/C=C/c1ccccc1. The lowest BCUT2D eigenvalue weighted by Crippen LogP contribution is -2.34. The Morgan fingerprint density at radius 1 is 1.03 bits per heavy atom. The van der Waals surface area contributed by atoms with Crippen LogP contribution in [0.4, 0.5) is 0 Å². The molecule has 33 heavy (non-hydrogen) atoms. The molecular formula is C27H24ClN3O2. The first-order valence-electron chi connectivity index (χ1n) is 10.8. The Balaban J connectivity index is 1.51. The molecule has 0 saturated carbocycles. The molecule has 0 radical (unpaired) electrons. The normalized spacial score (nSPS) is 12.1. The van der Waals surface area contributed by atoms with Crippen molar-refractivity contribution >= 4 is 23.6 Å². The second kappa shape index (κ2) is 10.7. The summed E-state index contributed by atoms with van der Waals surface area (Å²) in [6, 6.07) is 26.9. The smallest absolute Gasteiger partial charge is 0.247 e. The first-order valence-corrected chi connectivity index (χ1v) is 11.1. The molecule has 0 saturated heterocycles. The highest BCUT2D eigenvalue weighted by Crippen LogP contribution is 2.23. The molecule has 0 aliphatic heterocycles. The molecule has 1 amide bonds. The zero-order chi connectivity index (χ0) is 23.0. The van der Waals surface area contributed by atoms with E-state index in [-0.39, 0.29) is 11.9 Å². The minimum Gasteiger partial charge on any atom is -0.339 e. The number of carbonyl (C=O) groups excluding carboxylic acids is 1. The maximum Gasteiger partial charge on any atom is 0.247 e. The van der Waals surface area contributed by atoms with Crippen molar-refractivity contribution < 1.29 is 9.32 Å². The van der Waals surface area contributed by atoms with Gasteiger partial charge in [0.2, 0.25) is 17.6 Å². The van der Waals surface area contributed by atoms with Gasteiger partial charge in [0.05, 0.1) is 6.04 Å². The maximum atomic E-state index is 13.2. The van der Waals surface area contributed by atoms with Gasteiger partial charge in [-0.15, -0.1) is 0 Å². The molecule has 0 spiro atoms. The van der Waals surface area contributed by atoms with Gasteiger partial charge in [-0.05, 0) is 36.3 Å². The van der Waals surface area contributed by atoms with Crippen LogP contribution in [-0.4, -0.2) is 27.5 Å². The fourth-order valence-electron chi connectivity index (χ4n) is 3.55. The minimum atomic E-state index is -0.116. The number of halogens is 1. The van der Waals surface area contributed by atoms with E-state index in [2.05, 4.69) is 10.1 Å². The number of hydrogen-bond acceptors (Lipinski definition) is 4. The highest BCUT2D eigenvalue weighted by atomic mass is 35.5. The molecule has 0 N–H and O–H groups in total. The summed E-state index contributed by atoms with van der Waals surface area (Å²) in [5.41, 5.74) is 2.82. The summed E-state index contributed by atoms with van der Waals surface area (Å²) in [6.45, 7) is 2.46. The van der Waals surface area contributed by atoms with Gasteiger partial charge in [-0.25, -0.2) is 0 Å². The third kappa shape index (κ3) is 5.96. The van der Waals surface area contributed by atoms with Crippen molar-refractivity contribution in [1.29, 1.82) is 0 Å². The molecule has 4 aromatic rings. The monoisotopic (exact) mass is 457 g/mol. The molecule has 1 heterocycles. The van der Waals surface area contributed by atoms with Gasteiger partial charge < -0.3 is 9.42 Å². The molecule has 0 fully saturated rings. The zero-order valence-electron chi connectivity index (χ0n) is 18.3. The Morgan fingerprint density at radius 2 is 1.76 bits per heavy atom. The molecule has 3 aromatic carbocycles. The van der Waals surface area contributed by atoms with Gasteiger partial charge in [0.1, 0.15) is 0 Å². The quantitative estimate of drug-likeness (QED) is 0.294. The van der Waals surface area contributed by atoms with E-state index in [0.29, 0.717) is 29.7 Å². The fraction of sp³-hybridized carbons (Fsp3) is 0.148. The Kier molecular flexibility index (Phi) is 7.33. The van der Waals surface area contributed by atoms with Crippen molar-refractivity contribution in [3.63, 3.8) is 0 Å². The van der Waals surface area contributed by atoms with Crippen molar-refractivity contribution in [2.24, 2.45) is 0 Å². The van der Waals surface area contributed by atoms with E-state index >= 15 is 0 Å². The predicted molar refractivity (Wildman–Crippen MR) is 130 cm³/mol. The Hall–Kier alpha value is -3.70. The van der Waals surface area contributed by atoms with E-state index in [1.54, 1.807) is 18.2 Å². The number of aromatic nitrogens is 2. The average molecular weight is 458 g/mol. The number of rotatable bonds is 8. The van der Waals surface area contributed by atoms with Crippen LogP contribution in [0.1, 0.15) is 30.0 Å². The summed E-state index contributed by atoms with van der Waals surface area (Å²) < 4.78 is 5.44. The largest absolute Gasteiger partial charge is 0.339 e. The molecular weight excluding hydrogens is 434 g/mol. The molecule has 166 valence electrons. The molecule has 0 aliphatic rings. The second-order valence-electron chi connectivity index (χ2n) is 7.63. The number of hydrogen-bond donors (Lipinski definition) is 0. The van der Waals surface area contributed by atoms with Gasteiger partial charge in [0.25, 0.3) is 0 Å². The molecule has 1 aromatic heterocycles. The number of nitrogens with zero attached hydrogens (tertiary/aromatic N) is 3. The van der Waals surface area contributed by atoms with E-state index in [4.69, 9.17) is 16.1 Å². The van der Waals surface area contributed by atoms with Crippen molar-refractivity contribution in [3.05, 3.63) is 113 Å². The highest BCUT2D eigenvalue weighted by molar-refractivity contribution is 6.30. The third-order valence-corrected chi connectivity index (χ3v) is 5.60. The van der Waals surface area contributed by atoms with E-state index in [1.165, 1.54) is 0 Å². The first kappa shape index (κ1) is 22.5. The van der Waals surface area contributed by atoms with Crippen molar-refractivity contribution in [2.45, 2.75) is 19.4 Å². The van der Waals surface area contributed by atoms with Crippen LogP contribution < -0.4 is 0 Å². The zero-order valence-corrected chi connectivity index (χ0v) is 19.0. The number of amides is 1. The van der Waals surface area contributed by atoms with Gasteiger partial charge >= 0.3 is 0 Å². The average Bonchev–Trinajstić information content (AvgIpc) is 3.33. The second-order valence-corrected chi connectivity index (χ2v) is 8.07. The Bertz CT molecular complexity index is 1220. The minimum absolute atomic E-state index is 0.0789. The van der Waals surface area contributed by atoms with Crippen LogP contribution in [0.15, 0.2) is 95.5 Å². The van der Waals surface area contributed by atoms with Crippen LogP contribution in [-0.2, 0) is 11.2 Å². The molecule has 6 heteroatoms. The van der Waals surface area contributed by atoms with Crippen molar-refractivity contribution in [1.82, 2.24) is 15.0 Å². The van der Waals surface area contributed by atoms with Crippen molar-refractivity contribution in [2.75, 3.05) is 6.54 Å². The lowest BCUT2D eigenvalue weighted by atomic mass is 10.1. The van der Waals surface area contributed by atoms with Gasteiger partial charge in [-0.1, -0.05) is 89.6 Å².